The molecule has 1 atom stereocenters. The molecule has 1 aliphatic heterocycles. The molecule has 1 aromatic rings. The summed E-state index contributed by atoms with van der Waals surface area (Å²) in [5.74, 6) is -0.0983. The van der Waals surface area contributed by atoms with E-state index in [-0.39, 0.29) is 37.8 Å². The van der Waals surface area contributed by atoms with Crippen LogP contribution in [0.2, 0.25) is 5.02 Å². The molecule has 2 bridgehead atoms. The lowest BCUT2D eigenvalue weighted by atomic mass is 9.44. The predicted molar refractivity (Wildman–Crippen MR) is 109 cm³/mol. The molecule has 13 heteroatoms. The Balaban J connectivity index is 1.10. The fraction of sp³-hybridized carbons (Fsp3) is 0.650. The van der Waals surface area contributed by atoms with Crippen molar-refractivity contribution in [3.8, 4) is 5.75 Å². The first kappa shape index (κ1) is 23.2. The Bertz CT molecular complexity index is 1030. The quantitative estimate of drug-likeness (QED) is 0.606. The number of rotatable bonds is 7. The zero-order valence-corrected chi connectivity index (χ0v) is 18.9. The highest BCUT2D eigenvalue weighted by Gasteiger charge is 2.74. The normalized spacial score (nSPS) is 36.9. The Hall–Kier alpha value is -1.60. The lowest BCUT2D eigenvalue weighted by Crippen LogP contribution is -2.84. The van der Waals surface area contributed by atoms with Crippen molar-refractivity contribution in [2.45, 2.75) is 61.8 Å². The smallest absolute Gasteiger partial charge is 0.484 e. The van der Waals surface area contributed by atoms with Crippen molar-refractivity contribution in [2.24, 2.45) is 5.92 Å². The van der Waals surface area contributed by atoms with Crippen LogP contribution in [-0.2, 0) is 24.0 Å². The number of amides is 1. The van der Waals surface area contributed by atoms with Gasteiger partial charge in [-0.2, -0.15) is 12.7 Å². The highest BCUT2D eigenvalue weighted by molar-refractivity contribution is 7.84. The van der Waals surface area contributed by atoms with E-state index in [1.165, 1.54) is 4.31 Å². The third-order valence-electron chi connectivity index (χ3n) is 6.94. The van der Waals surface area contributed by atoms with Gasteiger partial charge in [-0.25, -0.2) is 0 Å². The molecular weight excluding hydrogens is 489 g/mol. The van der Waals surface area contributed by atoms with Gasteiger partial charge in [-0.15, -0.1) is 13.2 Å². The molecule has 5 fully saturated rings. The number of alkyl halides is 3. The zero-order valence-electron chi connectivity index (χ0n) is 17.3. The summed E-state index contributed by atoms with van der Waals surface area (Å²) in [6.07, 6.45) is -4.74. The fourth-order valence-corrected chi connectivity index (χ4v) is 7.25. The summed E-state index contributed by atoms with van der Waals surface area (Å²) >= 11 is 5.81. The number of nitrogens with one attached hydrogen (secondary N) is 1. The molecule has 8 nitrogen and oxygen atoms in total. The van der Waals surface area contributed by atoms with Gasteiger partial charge in [-0.1, -0.05) is 11.6 Å². The van der Waals surface area contributed by atoms with E-state index in [4.69, 9.17) is 20.5 Å². The largest absolute Gasteiger partial charge is 0.522 e. The first-order valence-electron chi connectivity index (χ1n) is 10.5. The van der Waals surface area contributed by atoms with E-state index in [2.05, 4.69) is 10.1 Å². The summed E-state index contributed by atoms with van der Waals surface area (Å²) in [6, 6.07) is 6.61. The Morgan fingerprint density at radius 1 is 1.21 bits per heavy atom. The number of benzene rings is 1. The van der Waals surface area contributed by atoms with E-state index in [1.807, 2.05) is 0 Å². The third kappa shape index (κ3) is 4.43. The molecule has 1 saturated heterocycles. The van der Waals surface area contributed by atoms with E-state index >= 15 is 0 Å². The van der Waals surface area contributed by atoms with Crippen LogP contribution in [0.5, 0.6) is 5.75 Å². The number of carbonyl (C=O) groups excluding carboxylic acids is 1. The Kier molecular flexibility index (Phi) is 5.41. The predicted octanol–water partition coefficient (Wildman–Crippen LogP) is 2.77. The second kappa shape index (κ2) is 7.70. The molecule has 1 amide bonds. The molecule has 6 rings (SSSR count). The maximum absolute atomic E-state index is 12.6. The summed E-state index contributed by atoms with van der Waals surface area (Å²) in [7, 11) is -3.97. The van der Waals surface area contributed by atoms with Crippen LogP contribution in [0, 0.1) is 5.92 Å². The van der Waals surface area contributed by atoms with E-state index < -0.39 is 40.0 Å². The van der Waals surface area contributed by atoms with Crippen LogP contribution in [0.1, 0.15) is 32.1 Å². The molecule has 5 aliphatic rings. The van der Waals surface area contributed by atoms with E-state index in [0.29, 0.717) is 30.0 Å². The van der Waals surface area contributed by atoms with Crippen LogP contribution < -0.4 is 10.1 Å². The number of hydrogen-bond acceptors (Lipinski definition) is 6. The molecule has 0 spiro atoms. The maximum Gasteiger partial charge on any atom is 0.522 e. The average molecular weight is 511 g/mol. The standard InChI is InChI=1S/C20H22ClF3N2O6S/c21-13-1-3-14(4-2-13)30-8-17(27)25-18-9-19(10-18,11-18)26-7-16(32-33(26,28)29)12-5-15(6-12)31-20(22,23)24/h1-4,12,15-16H,5-11H2,(H,25,27)/t12-,15+,16?,18?,19?. The molecule has 4 saturated carbocycles. The van der Waals surface area contributed by atoms with Crippen LogP contribution in [-0.4, -0.2) is 61.4 Å². The summed E-state index contributed by atoms with van der Waals surface area (Å²) in [4.78, 5) is 12.3. The number of nitrogens with zero attached hydrogens (tertiary/aromatic N) is 1. The molecule has 33 heavy (non-hydrogen) atoms. The van der Waals surface area contributed by atoms with Gasteiger partial charge in [-0.05, 0) is 62.3 Å². The molecule has 4 aliphatic carbocycles. The summed E-state index contributed by atoms with van der Waals surface area (Å²) < 4.78 is 78.1. The van der Waals surface area contributed by atoms with Crippen LogP contribution in [0.4, 0.5) is 13.2 Å². The highest BCUT2D eigenvalue weighted by Crippen LogP contribution is 2.65. The third-order valence-corrected chi connectivity index (χ3v) is 8.76. The fourth-order valence-electron chi connectivity index (χ4n) is 5.49. The molecule has 1 unspecified atom stereocenters. The zero-order chi connectivity index (χ0) is 23.6. The van der Waals surface area contributed by atoms with Crippen molar-refractivity contribution in [1.82, 2.24) is 9.62 Å². The van der Waals surface area contributed by atoms with Crippen molar-refractivity contribution < 1.29 is 40.0 Å². The Morgan fingerprint density at radius 3 is 2.45 bits per heavy atom. The van der Waals surface area contributed by atoms with Crippen molar-refractivity contribution in [3.05, 3.63) is 29.3 Å². The minimum absolute atomic E-state index is 0.105. The van der Waals surface area contributed by atoms with E-state index in [1.54, 1.807) is 24.3 Å². The van der Waals surface area contributed by atoms with Gasteiger partial charge in [0.1, 0.15) is 5.75 Å². The van der Waals surface area contributed by atoms with Gasteiger partial charge in [0.25, 0.3) is 5.91 Å². The first-order chi connectivity index (χ1) is 15.4. The van der Waals surface area contributed by atoms with Crippen molar-refractivity contribution in [3.63, 3.8) is 0 Å². The molecule has 0 aromatic heterocycles. The molecule has 1 heterocycles. The van der Waals surface area contributed by atoms with Crippen LogP contribution in [0.25, 0.3) is 0 Å². The molecular formula is C20H22ClF3N2O6S. The monoisotopic (exact) mass is 510 g/mol. The average Bonchev–Trinajstić information content (AvgIpc) is 2.93. The van der Waals surface area contributed by atoms with Crippen LogP contribution >= 0.6 is 11.6 Å². The number of carbonyl (C=O) groups is 1. The number of ether oxygens (including phenoxy) is 2. The van der Waals surface area contributed by atoms with Crippen molar-refractivity contribution in [1.29, 1.82) is 0 Å². The first-order valence-corrected chi connectivity index (χ1v) is 12.3. The minimum atomic E-state index is -4.70. The SMILES string of the molecule is O=C(COc1ccc(Cl)cc1)NC12CC(N3CC([C@H]4C[C@@H](OC(F)(F)F)C4)OS3(=O)=O)(C1)C2. The van der Waals surface area contributed by atoms with E-state index in [0.717, 1.165) is 0 Å². The van der Waals surface area contributed by atoms with Crippen LogP contribution in [0.15, 0.2) is 24.3 Å². The molecule has 1 aromatic carbocycles. The lowest BCUT2D eigenvalue weighted by molar-refractivity contribution is -0.355. The maximum atomic E-state index is 12.6. The second-order valence-electron chi connectivity index (χ2n) is 9.37. The van der Waals surface area contributed by atoms with Gasteiger partial charge in [0.05, 0.1) is 12.2 Å². The second-order valence-corrected chi connectivity index (χ2v) is 11.3. The van der Waals surface area contributed by atoms with Gasteiger partial charge in [0.2, 0.25) is 0 Å². The molecule has 1 N–H and O–H groups in total. The van der Waals surface area contributed by atoms with Gasteiger partial charge < -0.3 is 10.1 Å². The van der Waals surface area contributed by atoms with Gasteiger partial charge >= 0.3 is 16.7 Å². The van der Waals surface area contributed by atoms with Gasteiger partial charge in [-0.3, -0.25) is 13.7 Å². The summed E-state index contributed by atoms with van der Waals surface area (Å²) in [5.41, 5.74) is -1.07. The summed E-state index contributed by atoms with van der Waals surface area (Å²) in [6.45, 7) is -0.0676. The number of halogens is 4. The van der Waals surface area contributed by atoms with E-state index in [9.17, 15) is 26.4 Å². The minimum Gasteiger partial charge on any atom is -0.484 e. The Labute approximate surface area is 193 Å². The summed E-state index contributed by atoms with van der Waals surface area (Å²) in [5, 5.41) is 3.48. The van der Waals surface area contributed by atoms with Gasteiger partial charge in [0.15, 0.2) is 6.61 Å². The lowest BCUT2D eigenvalue weighted by Gasteiger charge is -2.72. The van der Waals surface area contributed by atoms with Gasteiger partial charge in [0, 0.05) is 22.6 Å². The van der Waals surface area contributed by atoms with Crippen molar-refractivity contribution in [2.75, 3.05) is 13.2 Å². The molecule has 0 radical (unpaired) electrons. The van der Waals surface area contributed by atoms with Crippen LogP contribution in [0.3, 0.4) is 0 Å². The molecule has 182 valence electrons. The topological polar surface area (TPSA) is 94.2 Å². The Morgan fingerprint density at radius 2 is 1.85 bits per heavy atom. The van der Waals surface area contributed by atoms with Crippen molar-refractivity contribution >= 4 is 27.8 Å². The number of hydrogen-bond donors (Lipinski definition) is 1. The highest BCUT2D eigenvalue weighted by atomic mass is 35.5.